The normalized spacial score (nSPS) is 22.6. The van der Waals surface area contributed by atoms with Gasteiger partial charge in [-0.25, -0.2) is 0 Å². The third-order valence-electron chi connectivity index (χ3n) is 4.69. The molecule has 0 aromatic carbocycles. The van der Waals surface area contributed by atoms with Crippen LogP contribution >= 0.6 is 0 Å². The van der Waals surface area contributed by atoms with E-state index in [0.717, 1.165) is 43.0 Å². The first-order chi connectivity index (χ1) is 10.6. The van der Waals surface area contributed by atoms with Gasteiger partial charge in [0.1, 0.15) is 23.0 Å². The molecular formula is C18H18O4. The SMILES string of the molecule is Cc1ccc(C2C3=C(CCCC3=O)OC3=C2C(=O)CCC3)o1. The van der Waals surface area contributed by atoms with Crippen LogP contribution in [0.4, 0.5) is 0 Å². The van der Waals surface area contributed by atoms with E-state index in [1.54, 1.807) is 0 Å². The average molecular weight is 298 g/mol. The molecule has 114 valence electrons. The molecule has 0 spiro atoms. The van der Waals surface area contributed by atoms with Gasteiger partial charge in [0.05, 0.1) is 5.92 Å². The summed E-state index contributed by atoms with van der Waals surface area (Å²) in [5.41, 5.74) is 1.30. The van der Waals surface area contributed by atoms with E-state index in [1.165, 1.54) is 0 Å². The summed E-state index contributed by atoms with van der Waals surface area (Å²) in [7, 11) is 0. The standard InChI is InChI=1S/C18H18O4/c1-10-8-9-15(21-10)18-16-11(19)4-2-6-13(16)22-14-7-3-5-12(20)17(14)18/h8-9,18H,2-7H2,1H3. The van der Waals surface area contributed by atoms with Crippen molar-refractivity contribution >= 4 is 11.6 Å². The predicted octanol–water partition coefficient (Wildman–Crippen LogP) is 3.72. The fourth-order valence-corrected chi connectivity index (χ4v) is 3.71. The monoisotopic (exact) mass is 298 g/mol. The Balaban J connectivity index is 1.91. The van der Waals surface area contributed by atoms with Crippen LogP contribution in [0.25, 0.3) is 0 Å². The van der Waals surface area contributed by atoms with E-state index in [0.29, 0.717) is 29.7 Å². The molecule has 0 bridgehead atoms. The van der Waals surface area contributed by atoms with Gasteiger partial charge < -0.3 is 9.15 Å². The van der Waals surface area contributed by atoms with Gasteiger partial charge in [-0.1, -0.05) is 0 Å². The molecule has 4 heteroatoms. The van der Waals surface area contributed by atoms with Gasteiger partial charge in [0.2, 0.25) is 0 Å². The van der Waals surface area contributed by atoms with Gasteiger partial charge in [-0.05, 0) is 31.9 Å². The summed E-state index contributed by atoms with van der Waals surface area (Å²) in [5.74, 6) is 2.79. The molecule has 2 heterocycles. The van der Waals surface area contributed by atoms with E-state index < -0.39 is 0 Å². The first-order valence-electron chi connectivity index (χ1n) is 7.92. The second kappa shape index (κ2) is 4.97. The third-order valence-corrected chi connectivity index (χ3v) is 4.69. The molecule has 0 unspecified atom stereocenters. The molecule has 0 saturated carbocycles. The van der Waals surface area contributed by atoms with E-state index in [1.807, 2.05) is 19.1 Å². The molecule has 2 aliphatic carbocycles. The molecule has 0 atom stereocenters. The van der Waals surface area contributed by atoms with E-state index in [9.17, 15) is 9.59 Å². The highest BCUT2D eigenvalue weighted by Crippen LogP contribution is 2.47. The van der Waals surface area contributed by atoms with E-state index in [2.05, 4.69) is 0 Å². The Morgan fingerprint density at radius 2 is 1.50 bits per heavy atom. The van der Waals surface area contributed by atoms with Gasteiger partial charge in [-0.3, -0.25) is 9.59 Å². The zero-order valence-corrected chi connectivity index (χ0v) is 12.6. The molecule has 1 aliphatic heterocycles. The lowest BCUT2D eigenvalue weighted by atomic mass is 9.75. The summed E-state index contributed by atoms with van der Waals surface area (Å²) in [5, 5.41) is 0. The summed E-state index contributed by atoms with van der Waals surface area (Å²) < 4.78 is 11.8. The Morgan fingerprint density at radius 1 is 0.909 bits per heavy atom. The van der Waals surface area contributed by atoms with Crippen LogP contribution in [0.15, 0.2) is 39.2 Å². The van der Waals surface area contributed by atoms with Crippen LogP contribution in [0.1, 0.15) is 56.0 Å². The van der Waals surface area contributed by atoms with Crippen molar-refractivity contribution in [2.75, 3.05) is 0 Å². The smallest absolute Gasteiger partial charge is 0.163 e. The van der Waals surface area contributed by atoms with Crippen molar-refractivity contribution in [3.05, 3.63) is 46.3 Å². The fourth-order valence-electron chi connectivity index (χ4n) is 3.71. The summed E-state index contributed by atoms with van der Waals surface area (Å²) >= 11 is 0. The highest BCUT2D eigenvalue weighted by Gasteiger charge is 2.42. The van der Waals surface area contributed by atoms with Crippen molar-refractivity contribution in [3.8, 4) is 0 Å². The largest absolute Gasteiger partial charge is 0.465 e. The van der Waals surface area contributed by atoms with E-state index in [4.69, 9.17) is 9.15 Å². The second-order valence-electron chi connectivity index (χ2n) is 6.21. The van der Waals surface area contributed by atoms with Crippen molar-refractivity contribution < 1.29 is 18.7 Å². The predicted molar refractivity (Wildman–Crippen MR) is 79.0 cm³/mol. The zero-order chi connectivity index (χ0) is 15.3. The van der Waals surface area contributed by atoms with Gasteiger partial charge in [-0.2, -0.15) is 0 Å². The molecule has 0 saturated heterocycles. The highest BCUT2D eigenvalue weighted by atomic mass is 16.5. The number of aryl methyl sites for hydroxylation is 1. The molecule has 3 aliphatic rings. The van der Waals surface area contributed by atoms with Gasteiger partial charge in [0.25, 0.3) is 0 Å². The van der Waals surface area contributed by atoms with E-state index >= 15 is 0 Å². The Hall–Kier alpha value is -2.10. The van der Waals surface area contributed by atoms with Crippen LogP contribution in [0.3, 0.4) is 0 Å². The molecule has 4 nitrogen and oxygen atoms in total. The minimum Gasteiger partial charge on any atom is -0.465 e. The van der Waals surface area contributed by atoms with Crippen LogP contribution in [0, 0.1) is 6.92 Å². The van der Waals surface area contributed by atoms with Crippen molar-refractivity contribution in [2.45, 2.75) is 51.4 Å². The van der Waals surface area contributed by atoms with Gasteiger partial charge in [0.15, 0.2) is 11.6 Å². The van der Waals surface area contributed by atoms with Crippen molar-refractivity contribution in [2.24, 2.45) is 0 Å². The molecule has 1 aromatic heterocycles. The minimum absolute atomic E-state index is 0.0882. The number of furan rings is 1. The molecule has 1 aromatic rings. The molecular weight excluding hydrogens is 280 g/mol. The number of allylic oxidation sites excluding steroid dienone is 4. The summed E-state index contributed by atoms with van der Waals surface area (Å²) in [6, 6.07) is 3.76. The fraction of sp³-hybridized carbons (Fsp3) is 0.444. The number of carbonyl (C=O) groups is 2. The second-order valence-corrected chi connectivity index (χ2v) is 6.21. The minimum atomic E-state index is -0.368. The number of hydrogen-bond acceptors (Lipinski definition) is 4. The maximum Gasteiger partial charge on any atom is 0.163 e. The van der Waals surface area contributed by atoms with Crippen molar-refractivity contribution in [1.29, 1.82) is 0 Å². The Bertz CT molecular complexity index is 690. The summed E-state index contributed by atoms with van der Waals surface area (Å²) in [6.45, 7) is 1.87. The van der Waals surface area contributed by atoms with E-state index in [-0.39, 0.29) is 17.5 Å². The Kier molecular flexibility index (Phi) is 3.06. The topological polar surface area (TPSA) is 56.5 Å². The molecule has 4 rings (SSSR count). The third kappa shape index (κ3) is 1.97. The van der Waals surface area contributed by atoms with Crippen molar-refractivity contribution in [3.63, 3.8) is 0 Å². The number of rotatable bonds is 1. The zero-order valence-electron chi connectivity index (χ0n) is 12.6. The van der Waals surface area contributed by atoms with Gasteiger partial charge >= 0.3 is 0 Å². The lowest BCUT2D eigenvalue weighted by Gasteiger charge is -2.34. The number of hydrogen-bond donors (Lipinski definition) is 0. The number of ether oxygens (including phenoxy) is 1. The molecule has 0 amide bonds. The summed E-state index contributed by atoms with van der Waals surface area (Å²) in [6.07, 6.45) is 4.21. The van der Waals surface area contributed by atoms with Crippen LogP contribution < -0.4 is 0 Å². The lowest BCUT2D eigenvalue weighted by molar-refractivity contribution is -0.117. The van der Waals surface area contributed by atoms with Crippen molar-refractivity contribution in [1.82, 2.24) is 0 Å². The first-order valence-corrected chi connectivity index (χ1v) is 7.92. The van der Waals surface area contributed by atoms with Gasteiger partial charge in [-0.15, -0.1) is 0 Å². The lowest BCUT2D eigenvalue weighted by Crippen LogP contribution is -2.30. The number of ketones is 2. The van der Waals surface area contributed by atoms with Crippen LogP contribution in [0.5, 0.6) is 0 Å². The Morgan fingerprint density at radius 3 is 2.00 bits per heavy atom. The maximum absolute atomic E-state index is 12.5. The molecule has 0 N–H and O–H groups in total. The Labute approximate surface area is 128 Å². The first kappa shape index (κ1) is 13.6. The average Bonchev–Trinajstić information content (AvgIpc) is 2.92. The maximum atomic E-state index is 12.5. The highest BCUT2D eigenvalue weighted by molar-refractivity contribution is 6.05. The van der Waals surface area contributed by atoms with Crippen LogP contribution in [-0.4, -0.2) is 11.6 Å². The van der Waals surface area contributed by atoms with Crippen LogP contribution in [0.2, 0.25) is 0 Å². The summed E-state index contributed by atoms with van der Waals surface area (Å²) in [4.78, 5) is 25.0. The number of carbonyl (C=O) groups excluding carboxylic acids is 2. The molecule has 22 heavy (non-hydrogen) atoms. The van der Waals surface area contributed by atoms with Crippen LogP contribution in [-0.2, 0) is 14.3 Å². The quantitative estimate of drug-likeness (QED) is 0.793. The number of Topliss-reactive ketones (excluding diaryl/α,β-unsaturated/α-hetero) is 2. The molecule has 0 radical (unpaired) electrons. The molecule has 0 fully saturated rings. The van der Waals surface area contributed by atoms with Gasteiger partial charge in [0, 0.05) is 36.8 Å².